The molecule has 0 fully saturated rings. The first kappa shape index (κ1) is 24.3. The van der Waals surface area contributed by atoms with E-state index >= 15 is 0 Å². The molecule has 2 aromatic carbocycles. The fourth-order valence-electron chi connectivity index (χ4n) is 3.92. The number of rotatable bonds is 4. The minimum absolute atomic E-state index is 0.403. The molecule has 34 heavy (non-hydrogen) atoms. The molecule has 5 rings (SSSR count). The number of ether oxygens (including phenoxy) is 1. The molecule has 0 radical (unpaired) electrons. The van der Waals surface area contributed by atoms with Crippen LogP contribution in [0.3, 0.4) is 0 Å². The highest BCUT2D eigenvalue weighted by Crippen LogP contribution is 2.38. The summed E-state index contributed by atoms with van der Waals surface area (Å²) in [6, 6.07) is 13.6. The molecule has 0 bridgehead atoms. The van der Waals surface area contributed by atoms with Crippen LogP contribution >= 0.6 is 0 Å². The number of aryl methyl sites for hydroxylation is 2. The van der Waals surface area contributed by atoms with E-state index in [1.54, 1.807) is 17.9 Å². The number of oxazole rings is 1. The Labute approximate surface area is 198 Å². The number of nitrogens with zero attached hydrogens (tertiary/aromatic N) is 3. The van der Waals surface area contributed by atoms with Crippen molar-refractivity contribution in [1.82, 2.24) is 14.7 Å². The van der Waals surface area contributed by atoms with E-state index in [0.717, 1.165) is 33.3 Å². The van der Waals surface area contributed by atoms with Crippen LogP contribution in [0.2, 0.25) is 0 Å². The lowest BCUT2D eigenvalue weighted by Crippen LogP contribution is -2.15. The van der Waals surface area contributed by atoms with E-state index in [4.69, 9.17) is 13.7 Å². The zero-order valence-corrected chi connectivity index (χ0v) is 20.0. The minimum Gasteiger partial charge on any atom is -0.496 e. The number of benzene rings is 2. The average molecular weight is 458 g/mol. The van der Waals surface area contributed by atoms with Gasteiger partial charge in [0.2, 0.25) is 0 Å². The van der Waals surface area contributed by atoms with Crippen LogP contribution in [0.5, 0.6) is 5.75 Å². The molecule has 5 aromatic rings. The summed E-state index contributed by atoms with van der Waals surface area (Å²) >= 11 is 0. The molecule has 174 valence electrons. The molecule has 0 aliphatic carbocycles. The summed E-state index contributed by atoms with van der Waals surface area (Å²) in [4.78, 5) is 17.1. The molecule has 0 unspecified atom stereocenters. The first-order chi connectivity index (χ1) is 16.6. The second-order valence-corrected chi connectivity index (χ2v) is 7.18. The van der Waals surface area contributed by atoms with Crippen LogP contribution in [-0.4, -0.2) is 21.8 Å². The van der Waals surface area contributed by atoms with Gasteiger partial charge >= 0.3 is 5.76 Å². The van der Waals surface area contributed by atoms with Gasteiger partial charge in [-0.1, -0.05) is 49.3 Å². The molecule has 7 nitrogen and oxygen atoms in total. The lowest BCUT2D eigenvalue weighted by Gasteiger charge is -2.11. The molecule has 0 aliphatic heterocycles. The van der Waals surface area contributed by atoms with Gasteiger partial charge in [0, 0.05) is 10.9 Å². The summed E-state index contributed by atoms with van der Waals surface area (Å²) in [7, 11) is 1.61. The minimum atomic E-state index is -0.420. The van der Waals surface area contributed by atoms with Crippen molar-refractivity contribution in [3.05, 3.63) is 76.2 Å². The van der Waals surface area contributed by atoms with Crippen LogP contribution in [0.1, 0.15) is 30.9 Å². The third kappa shape index (κ3) is 4.30. The van der Waals surface area contributed by atoms with Crippen LogP contribution in [-0.2, 0) is 6.54 Å². The molecule has 0 amide bonds. The lowest BCUT2D eigenvalue weighted by atomic mass is 10.0. The van der Waals surface area contributed by atoms with E-state index in [2.05, 4.69) is 23.0 Å². The highest BCUT2D eigenvalue weighted by atomic mass is 16.5. The molecule has 0 saturated carbocycles. The van der Waals surface area contributed by atoms with E-state index in [0.29, 0.717) is 29.2 Å². The molecule has 0 atom stereocenters. The summed E-state index contributed by atoms with van der Waals surface area (Å²) in [5.41, 5.74) is 5.36. The van der Waals surface area contributed by atoms with Gasteiger partial charge in [0.15, 0.2) is 5.58 Å². The topological polar surface area (TPSA) is 83.3 Å². The predicted molar refractivity (Wildman–Crippen MR) is 134 cm³/mol. The van der Waals surface area contributed by atoms with E-state index in [9.17, 15) is 4.79 Å². The van der Waals surface area contributed by atoms with Gasteiger partial charge in [-0.25, -0.2) is 4.79 Å². The number of terminal acetylenes is 1. The van der Waals surface area contributed by atoms with Crippen molar-refractivity contribution in [2.45, 2.75) is 34.2 Å². The van der Waals surface area contributed by atoms with Crippen molar-refractivity contribution in [3.8, 4) is 29.7 Å². The Kier molecular flexibility index (Phi) is 7.54. The summed E-state index contributed by atoms with van der Waals surface area (Å²) < 4.78 is 18.1. The third-order valence-corrected chi connectivity index (χ3v) is 5.30. The second-order valence-electron chi connectivity index (χ2n) is 7.18. The van der Waals surface area contributed by atoms with Crippen LogP contribution in [0.15, 0.2) is 62.4 Å². The van der Waals surface area contributed by atoms with Gasteiger partial charge in [-0.15, -0.1) is 12.8 Å². The zero-order valence-electron chi connectivity index (χ0n) is 20.0. The molecule has 0 N–H and O–H groups in total. The molecule has 3 heterocycles. The summed E-state index contributed by atoms with van der Waals surface area (Å²) in [6.07, 6.45) is 9.59. The van der Waals surface area contributed by atoms with Crippen molar-refractivity contribution in [2.24, 2.45) is 0 Å². The molecule has 7 heteroatoms. The fourth-order valence-corrected chi connectivity index (χ4v) is 3.92. The largest absolute Gasteiger partial charge is 0.496 e. The normalized spacial score (nSPS) is 10.3. The van der Waals surface area contributed by atoms with Gasteiger partial charge in [-0.3, -0.25) is 9.55 Å². The van der Waals surface area contributed by atoms with Gasteiger partial charge in [0.1, 0.15) is 17.0 Å². The van der Waals surface area contributed by atoms with Crippen LogP contribution in [0, 0.1) is 26.7 Å². The SMILES string of the molecule is C#C.CC.COc1cc2c(cc1-c1c(C)noc1C)ncc1oc(=O)n(Cc3ccccc3)c12. The number of methoxy groups -OCH3 is 1. The highest BCUT2D eigenvalue weighted by Gasteiger charge is 2.20. The number of hydrogen-bond acceptors (Lipinski definition) is 6. The molecule has 3 aromatic heterocycles. The van der Waals surface area contributed by atoms with Crippen molar-refractivity contribution in [1.29, 1.82) is 0 Å². The van der Waals surface area contributed by atoms with E-state index in [1.807, 2.05) is 70.2 Å². The molecule has 0 spiro atoms. The Morgan fingerprint density at radius 3 is 2.41 bits per heavy atom. The van der Waals surface area contributed by atoms with Crippen LogP contribution < -0.4 is 10.5 Å². The standard InChI is InChI=1S/C23H19N3O4.C2H6.C2H2/c1-13-21(14(2)30-25-13)17-9-18-16(10-19(17)28-3)22-20(11-24-18)29-23(27)26(22)12-15-7-5-4-6-8-15;2*1-2/h4-11H,12H2,1-3H3;1-2H3;1-2H. The Bertz CT molecular complexity index is 1470. The maximum Gasteiger partial charge on any atom is 0.420 e. The Morgan fingerprint density at radius 1 is 1.09 bits per heavy atom. The Hall–Kier alpha value is -4.31. The average Bonchev–Trinajstić information content (AvgIpc) is 3.39. The van der Waals surface area contributed by atoms with Crippen molar-refractivity contribution in [2.75, 3.05) is 7.11 Å². The zero-order chi connectivity index (χ0) is 24.8. The van der Waals surface area contributed by atoms with Crippen molar-refractivity contribution < 1.29 is 13.7 Å². The summed E-state index contributed by atoms with van der Waals surface area (Å²) in [6.45, 7) is 8.16. The first-order valence-electron chi connectivity index (χ1n) is 10.9. The first-order valence-corrected chi connectivity index (χ1v) is 10.9. The monoisotopic (exact) mass is 457 g/mol. The van der Waals surface area contributed by atoms with E-state index in [1.165, 1.54) is 0 Å². The quantitative estimate of drug-likeness (QED) is 0.320. The summed E-state index contributed by atoms with van der Waals surface area (Å²) in [5.74, 6) is 0.929. The van der Waals surface area contributed by atoms with E-state index < -0.39 is 5.76 Å². The number of hydrogen-bond donors (Lipinski definition) is 0. The van der Waals surface area contributed by atoms with Gasteiger partial charge in [0.05, 0.1) is 36.6 Å². The smallest absolute Gasteiger partial charge is 0.420 e. The lowest BCUT2D eigenvalue weighted by molar-refractivity contribution is 0.393. The molecule has 0 aliphatic rings. The van der Waals surface area contributed by atoms with E-state index in [-0.39, 0.29) is 0 Å². The maximum absolute atomic E-state index is 12.6. The number of fused-ring (bicyclic) bond motifs is 3. The third-order valence-electron chi connectivity index (χ3n) is 5.30. The maximum atomic E-state index is 12.6. The van der Waals surface area contributed by atoms with Crippen molar-refractivity contribution >= 4 is 22.0 Å². The highest BCUT2D eigenvalue weighted by molar-refractivity contribution is 6.04. The van der Waals surface area contributed by atoms with Gasteiger partial charge in [0.25, 0.3) is 0 Å². The van der Waals surface area contributed by atoms with Gasteiger partial charge in [-0.05, 0) is 31.5 Å². The number of pyridine rings is 1. The van der Waals surface area contributed by atoms with Crippen LogP contribution in [0.4, 0.5) is 0 Å². The van der Waals surface area contributed by atoms with Gasteiger partial charge in [-0.2, -0.15) is 0 Å². The second kappa shape index (κ2) is 10.5. The molecular weight excluding hydrogens is 430 g/mol. The Balaban J connectivity index is 0.000000771. The summed E-state index contributed by atoms with van der Waals surface area (Å²) in [5, 5.41) is 4.83. The predicted octanol–water partition coefficient (Wildman–Crippen LogP) is 5.75. The van der Waals surface area contributed by atoms with Crippen molar-refractivity contribution in [3.63, 3.8) is 0 Å². The molecular formula is C27H27N3O4. The van der Waals surface area contributed by atoms with Crippen LogP contribution in [0.25, 0.3) is 33.1 Å². The fraction of sp³-hybridized carbons (Fsp3) is 0.222. The van der Waals surface area contributed by atoms with Gasteiger partial charge < -0.3 is 13.7 Å². The molecule has 0 saturated heterocycles. The Morgan fingerprint density at radius 2 is 1.79 bits per heavy atom. The number of aromatic nitrogens is 3.